The molecule has 0 saturated heterocycles. The van der Waals surface area contributed by atoms with Gasteiger partial charge in [-0.3, -0.25) is 0 Å². The van der Waals surface area contributed by atoms with Gasteiger partial charge in [0, 0.05) is 11.1 Å². The summed E-state index contributed by atoms with van der Waals surface area (Å²) >= 11 is 0. The van der Waals surface area contributed by atoms with Gasteiger partial charge in [-0.15, -0.1) is 0 Å². The third kappa shape index (κ3) is 4.31. The molecular weight excluding hydrogens is 349 g/mol. The second kappa shape index (κ2) is 8.81. The Bertz CT molecular complexity index is 762. The number of halogens is 3. The number of hydrogen-bond donors (Lipinski definition) is 0. The minimum Gasteiger partial charge on any atom is -0.494 e. The second-order valence-corrected chi connectivity index (χ2v) is 7.41. The van der Waals surface area contributed by atoms with E-state index in [2.05, 4.69) is 6.92 Å². The van der Waals surface area contributed by atoms with Crippen LogP contribution in [0.2, 0.25) is 0 Å². The van der Waals surface area contributed by atoms with Crippen molar-refractivity contribution in [2.75, 3.05) is 6.61 Å². The maximum atomic E-state index is 14.8. The minimum absolute atomic E-state index is 0.0449. The Morgan fingerprint density at radius 3 is 2.19 bits per heavy atom. The molecule has 0 spiro atoms. The molecule has 0 N–H and O–H groups in total. The van der Waals surface area contributed by atoms with Gasteiger partial charge < -0.3 is 4.74 Å². The van der Waals surface area contributed by atoms with Gasteiger partial charge in [0.25, 0.3) is 0 Å². The standard InChI is InChI=1S/C23H27F3O/c1-3-5-15-6-8-17(9-7-15)21-20(24)14-19(22(25)23(21)26)16-10-12-18(13-11-16)27-4-2/h10-15,17H,3-9H2,1-2H3. The van der Waals surface area contributed by atoms with Gasteiger partial charge in [-0.25, -0.2) is 13.2 Å². The van der Waals surface area contributed by atoms with Crippen molar-refractivity contribution in [3.8, 4) is 16.9 Å². The van der Waals surface area contributed by atoms with Crippen LogP contribution < -0.4 is 4.74 Å². The fourth-order valence-electron chi connectivity index (χ4n) is 4.24. The maximum absolute atomic E-state index is 14.8. The van der Waals surface area contributed by atoms with E-state index in [9.17, 15) is 13.2 Å². The van der Waals surface area contributed by atoms with E-state index in [1.807, 2.05) is 6.92 Å². The molecule has 0 atom stereocenters. The zero-order valence-corrected chi connectivity index (χ0v) is 16.0. The lowest BCUT2D eigenvalue weighted by Gasteiger charge is -2.29. The molecule has 146 valence electrons. The Balaban J connectivity index is 1.86. The summed E-state index contributed by atoms with van der Waals surface area (Å²) in [6.07, 6.45) is 5.65. The van der Waals surface area contributed by atoms with E-state index >= 15 is 0 Å². The molecule has 0 aliphatic heterocycles. The zero-order valence-electron chi connectivity index (χ0n) is 16.0. The van der Waals surface area contributed by atoms with Gasteiger partial charge in [0.05, 0.1) is 6.61 Å². The lowest BCUT2D eigenvalue weighted by atomic mass is 9.76. The summed E-state index contributed by atoms with van der Waals surface area (Å²) in [5.41, 5.74) is 0.320. The molecule has 27 heavy (non-hydrogen) atoms. The van der Waals surface area contributed by atoms with Crippen LogP contribution in [-0.2, 0) is 0 Å². The minimum atomic E-state index is -1.03. The molecular formula is C23H27F3O. The van der Waals surface area contributed by atoms with Gasteiger partial charge in [-0.1, -0.05) is 31.9 Å². The predicted octanol–water partition coefficient (Wildman–Crippen LogP) is 7.24. The second-order valence-electron chi connectivity index (χ2n) is 7.41. The Morgan fingerprint density at radius 1 is 0.926 bits per heavy atom. The predicted molar refractivity (Wildman–Crippen MR) is 103 cm³/mol. The topological polar surface area (TPSA) is 9.23 Å². The molecule has 0 unspecified atom stereocenters. The first-order valence-corrected chi connectivity index (χ1v) is 9.95. The molecule has 0 heterocycles. The molecule has 1 aliphatic rings. The fraction of sp³-hybridized carbons (Fsp3) is 0.478. The summed E-state index contributed by atoms with van der Waals surface area (Å²) in [6, 6.07) is 7.74. The zero-order chi connectivity index (χ0) is 19.4. The first-order valence-electron chi connectivity index (χ1n) is 9.95. The van der Waals surface area contributed by atoms with Crippen LogP contribution >= 0.6 is 0 Å². The van der Waals surface area contributed by atoms with Crippen molar-refractivity contribution >= 4 is 0 Å². The summed E-state index contributed by atoms with van der Waals surface area (Å²) in [7, 11) is 0. The van der Waals surface area contributed by atoms with E-state index in [1.165, 1.54) is 0 Å². The van der Waals surface area contributed by atoms with Gasteiger partial charge in [-0.05, 0) is 68.2 Å². The monoisotopic (exact) mass is 376 g/mol. The van der Waals surface area contributed by atoms with Crippen LogP contribution in [0, 0.1) is 23.4 Å². The van der Waals surface area contributed by atoms with Crippen molar-refractivity contribution in [2.24, 2.45) is 5.92 Å². The van der Waals surface area contributed by atoms with Crippen LogP contribution in [0.3, 0.4) is 0 Å². The Kier molecular flexibility index (Phi) is 6.46. The summed E-state index contributed by atoms with van der Waals surface area (Å²) < 4.78 is 49.7. The Morgan fingerprint density at radius 2 is 1.59 bits per heavy atom. The largest absolute Gasteiger partial charge is 0.494 e. The van der Waals surface area contributed by atoms with Crippen LogP contribution in [0.15, 0.2) is 30.3 Å². The van der Waals surface area contributed by atoms with Crippen LogP contribution in [0.4, 0.5) is 13.2 Å². The Hall–Kier alpha value is -1.97. The van der Waals surface area contributed by atoms with E-state index < -0.39 is 17.5 Å². The normalized spacial score (nSPS) is 19.9. The van der Waals surface area contributed by atoms with Gasteiger partial charge in [-0.2, -0.15) is 0 Å². The van der Waals surface area contributed by atoms with Crippen LogP contribution in [0.5, 0.6) is 5.75 Å². The molecule has 1 aliphatic carbocycles. The van der Waals surface area contributed by atoms with Gasteiger partial charge in [0.1, 0.15) is 11.6 Å². The van der Waals surface area contributed by atoms with E-state index in [0.29, 0.717) is 23.8 Å². The average Bonchev–Trinajstić information content (AvgIpc) is 2.67. The number of ether oxygens (including phenoxy) is 1. The van der Waals surface area contributed by atoms with Crippen molar-refractivity contribution in [3.63, 3.8) is 0 Å². The van der Waals surface area contributed by atoms with Crippen molar-refractivity contribution in [2.45, 2.75) is 58.3 Å². The number of benzene rings is 2. The molecule has 2 aromatic rings. The number of rotatable bonds is 6. The summed E-state index contributed by atoms with van der Waals surface area (Å²) in [6.45, 7) is 4.54. The molecule has 3 rings (SSSR count). The van der Waals surface area contributed by atoms with E-state index in [-0.39, 0.29) is 17.0 Å². The Labute approximate surface area is 159 Å². The van der Waals surface area contributed by atoms with Crippen molar-refractivity contribution in [1.29, 1.82) is 0 Å². The maximum Gasteiger partial charge on any atom is 0.167 e. The molecule has 1 nitrogen and oxygen atoms in total. The summed E-state index contributed by atoms with van der Waals surface area (Å²) in [4.78, 5) is 0. The van der Waals surface area contributed by atoms with Gasteiger partial charge >= 0.3 is 0 Å². The van der Waals surface area contributed by atoms with E-state index in [1.54, 1.807) is 24.3 Å². The highest BCUT2D eigenvalue weighted by Gasteiger charge is 2.29. The average molecular weight is 376 g/mol. The van der Waals surface area contributed by atoms with Crippen molar-refractivity contribution < 1.29 is 17.9 Å². The first kappa shape index (κ1) is 19.8. The molecule has 0 amide bonds. The van der Waals surface area contributed by atoms with Crippen molar-refractivity contribution in [1.82, 2.24) is 0 Å². The number of hydrogen-bond acceptors (Lipinski definition) is 1. The highest BCUT2D eigenvalue weighted by molar-refractivity contribution is 5.66. The molecule has 1 saturated carbocycles. The molecule has 1 fully saturated rings. The molecule has 4 heteroatoms. The fourth-order valence-corrected chi connectivity index (χ4v) is 4.24. The van der Waals surface area contributed by atoms with Gasteiger partial charge in [0.2, 0.25) is 0 Å². The highest BCUT2D eigenvalue weighted by atomic mass is 19.2. The van der Waals surface area contributed by atoms with Crippen LogP contribution in [0.1, 0.15) is 63.9 Å². The molecule has 0 radical (unpaired) electrons. The third-order valence-corrected chi connectivity index (χ3v) is 5.62. The van der Waals surface area contributed by atoms with E-state index in [0.717, 1.165) is 44.6 Å². The SMILES string of the molecule is CCCC1CCC(c2c(F)cc(-c3ccc(OCC)cc3)c(F)c2F)CC1. The van der Waals surface area contributed by atoms with Gasteiger partial charge in [0.15, 0.2) is 11.6 Å². The lowest BCUT2D eigenvalue weighted by molar-refractivity contribution is 0.298. The molecule has 2 aromatic carbocycles. The molecule has 0 aromatic heterocycles. The lowest BCUT2D eigenvalue weighted by Crippen LogP contribution is -2.16. The first-order chi connectivity index (χ1) is 13.0. The summed E-state index contributed by atoms with van der Waals surface area (Å²) in [5.74, 6) is -1.60. The van der Waals surface area contributed by atoms with E-state index in [4.69, 9.17) is 4.74 Å². The quantitative estimate of drug-likeness (QED) is 0.483. The smallest absolute Gasteiger partial charge is 0.167 e. The highest BCUT2D eigenvalue weighted by Crippen LogP contribution is 2.41. The van der Waals surface area contributed by atoms with Crippen molar-refractivity contribution in [3.05, 3.63) is 53.3 Å². The third-order valence-electron chi connectivity index (χ3n) is 5.62. The van der Waals surface area contributed by atoms with Crippen LogP contribution in [-0.4, -0.2) is 6.61 Å². The van der Waals surface area contributed by atoms with Crippen LogP contribution in [0.25, 0.3) is 11.1 Å². The molecule has 0 bridgehead atoms. The summed E-state index contributed by atoms with van der Waals surface area (Å²) in [5, 5.41) is 0.